The number of hydrogen-bond acceptors (Lipinski definition) is 12. The highest BCUT2D eigenvalue weighted by molar-refractivity contribution is 5.94. The molecule has 0 bridgehead atoms. The van der Waals surface area contributed by atoms with Crippen LogP contribution in [0.15, 0.2) is 35.3 Å². The fraction of sp³-hybridized carbons (Fsp3) is 0.517. The van der Waals surface area contributed by atoms with Gasteiger partial charge in [-0.2, -0.15) is 4.98 Å². The molecule has 0 fully saturated rings. The van der Waals surface area contributed by atoms with Crippen LogP contribution in [0.3, 0.4) is 0 Å². The largest absolute Gasteiger partial charge is 0.379 e. The third-order valence-electron chi connectivity index (χ3n) is 6.18. The fourth-order valence-corrected chi connectivity index (χ4v) is 3.87. The Morgan fingerprint density at radius 2 is 1.61 bits per heavy atom. The first-order valence-corrected chi connectivity index (χ1v) is 14.6. The van der Waals surface area contributed by atoms with Gasteiger partial charge in [0.15, 0.2) is 11.2 Å². The van der Waals surface area contributed by atoms with E-state index in [0.717, 1.165) is 5.69 Å². The summed E-state index contributed by atoms with van der Waals surface area (Å²) >= 11 is 0. The molecule has 3 rings (SSSR count). The number of aromatic nitrogens is 4. The molecular weight excluding hydrogens is 572 g/mol. The molecule has 0 aliphatic carbocycles. The lowest BCUT2D eigenvalue weighted by molar-refractivity contribution is -0.121. The predicted octanol–water partition coefficient (Wildman–Crippen LogP) is 1.01. The number of aromatic amines is 1. The number of hydrogen-bond donors (Lipinski definition) is 5. The number of fused-ring (bicyclic) bond motifs is 1. The Labute approximate surface area is 255 Å². The third-order valence-corrected chi connectivity index (χ3v) is 6.18. The molecule has 2 aromatic heterocycles. The summed E-state index contributed by atoms with van der Waals surface area (Å²) in [4.78, 5) is 51.6. The van der Waals surface area contributed by atoms with E-state index < -0.39 is 5.56 Å². The number of ether oxygens (including phenoxy) is 4. The molecule has 3 aromatic rings. The number of rotatable bonds is 21. The SMILES string of the molecule is CCOCCOCCOCCOCCNC(=O)CC[C@@H](C)NC(=O)c1ccc(NCc2cnc3nc(N)[nH]c(=O)c3n2)cc1. The predicted molar refractivity (Wildman–Crippen MR) is 164 cm³/mol. The van der Waals surface area contributed by atoms with Crippen LogP contribution in [0.4, 0.5) is 11.6 Å². The average Bonchev–Trinajstić information content (AvgIpc) is 3.01. The summed E-state index contributed by atoms with van der Waals surface area (Å²) in [5, 5.41) is 8.91. The Hall–Kier alpha value is -4.18. The van der Waals surface area contributed by atoms with Crippen molar-refractivity contribution in [1.82, 2.24) is 30.6 Å². The van der Waals surface area contributed by atoms with Gasteiger partial charge in [0.05, 0.1) is 64.7 Å². The second kappa shape index (κ2) is 19.2. The van der Waals surface area contributed by atoms with Crippen LogP contribution in [0, 0.1) is 0 Å². The smallest absolute Gasteiger partial charge is 0.280 e. The summed E-state index contributed by atoms with van der Waals surface area (Å²) in [5.74, 6) is -0.357. The maximum atomic E-state index is 12.6. The minimum Gasteiger partial charge on any atom is -0.379 e. The standard InChI is InChI=1S/C29H42N8O7/c1-3-41-12-13-43-16-17-44-15-14-42-11-10-31-24(38)9-4-20(2)34-27(39)21-5-7-22(8-6-21)32-18-23-19-33-26-25(35-23)28(40)37-29(30)36-26/h5-8,19-20,32H,3-4,9-18H2,1-2H3,(H,31,38)(H,34,39)(H3,30,33,36,37,40)/t20-/m1/s1. The van der Waals surface area contributed by atoms with Crippen molar-refractivity contribution in [3.8, 4) is 0 Å². The Bertz CT molecular complexity index is 1370. The molecular formula is C29H42N8O7. The molecule has 6 N–H and O–H groups in total. The van der Waals surface area contributed by atoms with Gasteiger partial charge in [-0.25, -0.2) is 9.97 Å². The topological polar surface area (TPSA) is 205 Å². The summed E-state index contributed by atoms with van der Waals surface area (Å²) in [5.41, 5.74) is 7.14. The van der Waals surface area contributed by atoms with Crippen LogP contribution >= 0.6 is 0 Å². The van der Waals surface area contributed by atoms with Crippen molar-refractivity contribution in [2.75, 3.05) is 70.5 Å². The van der Waals surface area contributed by atoms with Crippen molar-refractivity contribution in [3.05, 3.63) is 52.1 Å². The molecule has 2 heterocycles. The Morgan fingerprint density at radius 1 is 0.955 bits per heavy atom. The average molecular weight is 615 g/mol. The highest BCUT2D eigenvalue weighted by Gasteiger charge is 2.12. The minimum atomic E-state index is -0.457. The van der Waals surface area contributed by atoms with Gasteiger partial charge in [-0.05, 0) is 44.5 Å². The van der Waals surface area contributed by atoms with Gasteiger partial charge in [-0.15, -0.1) is 0 Å². The Kier molecular flexibility index (Phi) is 14.9. The first-order chi connectivity index (χ1) is 21.4. The number of nitrogens with two attached hydrogens (primary N) is 1. The van der Waals surface area contributed by atoms with E-state index in [1.165, 1.54) is 6.20 Å². The van der Waals surface area contributed by atoms with Gasteiger partial charge in [0.25, 0.3) is 11.5 Å². The van der Waals surface area contributed by atoms with E-state index in [1.54, 1.807) is 24.3 Å². The molecule has 0 spiro atoms. The fourth-order valence-electron chi connectivity index (χ4n) is 3.87. The van der Waals surface area contributed by atoms with E-state index in [-0.39, 0.29) is 41.4 Å². The normalized spacial score (nSPS) is 11.8. The number of H-pyrrole nitrogens is 1. The molecule has 240 valence electrons. The van der Waals surface area contributed by atoms with E-state index in [1.807, 2.05) is 13.8 Å². The van der Waals surface area contributed by atoms with Crippen molar-refractivity contribution in [1.29, 1.82) is 0 Å². The van der Waals surface area contributed by atoms with Gasteiger partial charge in [-0.1, -0.05) is 0 Å². The summed E-state index contributed by atoms with van der Waals surface area (Å²) in [6.07, 6.45) is 2.29. The van der Waals surface area contributed by atoms with Crippen LogP contribution in [0.25, 0.3) is 11.2 Å². The highest BCUT2D eigenvalue weighted by atomic mass is 16.6. The number of nitrogens with zero attached hydrogens (tertiary/aromatic N) is 3. The van der Waals surface area contributed by atoms with E-state index in [0.29, 0.717) is 83.6 Å². The molecule has 0 aliphatic rings. The van der Waals surface area contributed by atoms with E-state index >= 15 is 0 Å². The number of nitrogens with one attached hydrogen (secondary N) is 4. The molecule has 44 heavy (non-hydrogen) atoms. The lowest BCUT2D eigenvalue weighted by Gasteiger charge is -2.14. The number of nitrogen functional groups attached to an aromatic ring is 1. The maximum absolute atomic E-state index is 12.6. The van der Waals surface area contributed by atoms with Crippen LogP contribution in [0.1, 0.15) is 42.7 Å². The van der Waals surface area contributed by atoms with Crippen LogP contribution in [0.5, 0.6) is 0 Å². The first-order valence-electron chi connectivity index (χ1n) is 14.6. The Morgan fingerprint density at radius 3 is 2.30 bits per heavy atom. The van der Waals surface area contributed by atoms with Crippen LogP contribution in [-0.4, -0.2) is 97.2 Å². The first kappa shape index (κ1) is 34.3. The van der Waals surface area contributed by atoms with Gasteiger partial charge in [0.2, 0.25) is 11.9 Å². The van der Waals surface area contributed by atoms with Gasteiger partial charge in [0.1, 0.15) is 0 Å². The summed E-state index contributed by atoms with van der Waals surface area (Å²) in [6.45, 7) is 8.61. The van der Waals surface area contributed by atoms with Crippen LogP contribution in [-0.2, 0) is 30.3 Å². The molecule has 1 aromatic carbocycles. The van der Waals surface area contributed by atoms with Gasteiger partial charge in [-0.3, -0.25) is 19.4 Å². The molecule has 0 unspecified atom stereocenters. The maximum Gasteiger partial charge on any atom is 0.280 e. The van der Waals surface area contributed by atoms with Gasteiger partial charge in [0, 0.05) is 36.9 Å². The Balaban J connectivity index is 1.25. The third kappa shape index (κ3) is 12.6. The zero-order valence-corrected chi connectivity index (χ0v) is 25.2. The number of anilines is 2. The van der Waals surface area contributed by atoms with Crippen molar-refractivity contribution in [2.24, 2.45) is 0 Å². The zero-order chi connectivity index (χ0) is 31.6. The number of benzene rings is 1. The molecule has 0 saturated heterocycles. The lowest BCUT2D eigenvalue weighted by atomic mass is 10.1. The summed E-state index contributed by atoms with van der Waals surface area (Å²) in [7, 11) is 0. The van der Waals surface area contributed by atoms with Crippen molar-refractivity contribution in [3.63, 3.8) is 0 Å². The number of amides is 2. The monoisotopic (exact) mass is 614 g/mol. The second-order valence-electron chi connectivity index (χ2n) is 9.71. The van der Waals surface area contributed by atoms with E-state index in [4.69, 9.17) is 24.7 Å². The summed E-state index contributed by atoms with van der Waals surface area (Å²) < 4.78 is 21.4. The molecule has 1 atom stereocenters. The molecule has 15 nitrogen and oxygen atoms in total. The number of carbonyl (C=O) groups is 2. The molecule has 15 heteroatoms. The van der Waals surface area contributed by atoms with Gasteiger partial charge >= 0.3 is 0 Å². The second-order valence-corrected chi connectivity index (χ2v) is 9.71. The highest BCUT2D eigenvalue weighted by Crippen LogP contribution is 2.12. The zero-order valence-electron chi connectivity index (χ0n) is 25.2. The van der Waals surface area contributed by atoms with E-state index in [9.17, 15) is 14.4 Å². The number of carbonyl (C=O) groups excluding carboxylic acids is 2. The van der Waals surface area contributed by atoms with Crippen molar-refractivity contribution < 1.29 is 28.5 Å². The molecule has 2 amide bonds. The van der Waals surface area contributed by atoms with E-state index in [2.05, 4.69) is 35.9 Å². The molecule has 0 radical (unpaired) electrons. The minimum absolute atomic E-state index is 0.0195. The molecule has 0 aliphatic heterocycles. The summed E-state index contributed by atoms with van der Waals surface area (Å²) in [6, 6.07) is 6.74. The van der Waals surface area contributed by atoms with Gasteiger partial charge < -0.3 is 40.6 Å². The van der Waals surface area contributed by atoms with Crippen LogP contribution < -0.4 is 27.2 Å². The molecule has 0 saturated carbocycles. The van der Waals surface area contributed by atoms with Crippen LogP contribution in [0.2, 0.25) is 0 Å². The quantitative estimate of drug-likeness (QED) is 0.107. The lowest BCUT2D eigenvalue weighted by Crippen LogP contribution is -2.34. The van der Waals surface area contributed by atoms with Crippen molar-refractivity contribution in [2.45, 2.75) is 39.3 Å². The van der Waals surface area contributed by atoms with Crippen molar-refractivity contribution >= 4 is 34.6 Å².